The highest BCUT2D eigenvalue weighted by Crippen LogP contribution is 2.25. The summed E-state index contributed by atoms with van der Waals surface area (Å²) in [7, 11) is 0. The van der Waals surface area contributed by atoms with Crippen LogP contribution in [0.5, 0.6) is 0 Å². The van der Waals surface area contributed by atoms with Crippen molar-refractivity contribution < 1.29 is 14.4 Å². The van der Waals surface area contributed by atoms with Crippen molar-refractivity contribution in [2.45, 2.75) is 39.5 Å². The van der Waals surface area contributed by atoms with Crippen LogP contribution >= 0.6 is 11.6 Å². The van der Waals surface area contributed by atoms with Gasteiger partial charge in [-0.15, -0.1) is 0 Å². The van der Waals surface area contributed by atoms with Gasteiger partial charge in [-0.2, -0.15) is 0 Å². The quantitative estimate of drug-likeness (QED) is 0.379. The summed E-state index contributed by atoms with van der Waals surface area (Å²) >= 11 is 6.19. The Morgan fingerprint density at radius 2 is 1.55 bits per heavy atom. The molecule has 0 aliphatic heterocycles. The molecule has 0 aliphatic rings. The summed E-state index contributed by atoms with van der Waals surface area (Å²) in [6, 6.07) is 11.8. The van der Waals surface area contributed by atoms with Crippen LogP contribution in [0, 0.1) is 0 Å². The van der Waals surface area contributed by atoms with Gasteiger partial charge in [0.05, 0.1) is 17.3 Å². The van der Waals surface area contributed by atoms with Crippen molar-refractivity contribution in [3.8, 4) is 0 Å². The molecule has 0 fully saturated rings. The number of amides is 3. The van der Waals surface area contributed by atoms with Gasteiger partial charge in [-0.3, -0.25) is 14.4 Å². The summed E-state index contributed by atoms with van der Waals surface area (Å²) in [4.78, 5) is 36.1. The van der Waals surface area contributed by atoms with Gasteiger partial charge in [-0.05, 0) is 55.3 Å². The second-order valence-corrected chi connectivity index (χ2v) is 7.49. The molecule has 0 saturated carbocycles. The lowest BCUT2D eigenvalue weighted by molar-refractivity contribution is -0.116. The predicted octanol–water partition coefficient (Wildman–Crippen LogP) is 4.66. The minimum Gasteiger partial charge on any atom is -0.375 e. The average Bonchev–Trinajstić information content (AvgIpc) is 2.75. The Hall–Kier alpha value is -3.06. The van der Waals surface area contributed by atoms with Gasteiger partial charge in [0.15, 0.2) is 0 Å². The summed E-state index contributed by atoms with van der Waals surface area (Å²) in [5.41, 5.74) is 2.29. The molecule has 2 rings (SSSR count). The van der Waals surface area contributed by atoms with Crippen molar-refractivity contribution in [3.05, 3.63) is 53.1 Å². The molecule has 0 bridgehead atoms. The molecule has 2 aromatic carbocycles. The van der Waals surface area contributed by atoms with E-state index in [1.165, 1.54) is 0 Å². The summed E-state index contributed by atoms with van der Waals surface area (Å²) in [6.07, 6.45) is 3.15. The van der Waals surface area contributed by atoms with Crippen molar-refractivity contribution in [1.29, 1.82) is 0 Å². The van der Waals surface area contributed by atoms with Gasteiger partial charge >= 0.3 is 0 Å². The summed E-state index contributed by atoms with van der Waals surface area (Å²) in [5.74, 6) is -0.471. The molecular weight excluding hydrogens is 416 g/mol. The van der Waals surface area contributed by atoms with E-state index in [0.29, 0.717) is 40.6 Å². The topological polar surface area (TPSA) is 99.3 Å². The lowest BCUT2D eigenvalue weighted by Gasteiger charge is -2.12. The monoisotopic (exact) mass is 444 g/mol. The lowest BCUT2D eigenvalue weighted by atomic mass is 10.2. The molecule has 31 heavy (non-hydrogen) atoms. The molecule has 8 heteroatoms. The van der Waals surface area contributed by atoms with Crippen LogP contribution in [0.15, 0.2) is 42.5 Å². The van der Waals surface area contributed by atoms with Gasteiger partial charge in [0.25, 0.3) is 5.91 Å². The van der Waals surface area contributed by atoms with Crippen LogP contribution in [0.4, 0.5) is 17.1 Å². The molecule has 0 heterocycles. The van der Waals surface area contributed by atoms with E-state index >= 15 is 0 Å². The first-order valence-corrected chi connectivity index (χ1v) is 10.8. The maximum atomic E-state index is 12.3. The molecule has 0 spiro atoms. The molecule has 4 N–H and O–H groups in total. The third kappa shape index (κ3) is 8.30. The van der Waals surface area contributed by atoms with E-state index in [-0.39, 0.29) is 24.3 Å². The smallest absolute Gasteiger partial charge is 0.251 e. The van der Waals surface area contributed by atoms with Crippen LogP contribution in [0.2, 0.25) is 5.02 Å². The number of nitrogens with one attached hydrogen (secondary N) is 4. The molecular formula is C23H29ClN4O3. The number of halogens is 1. The molecule has 3 amide bonds. The number of unbranched alkanes of at least 4 members (excludes halogenated alkanes) is 1. The van der Waals surface area contributed by atoms with Crippen molar-refractivity contribution >= 4 is 46.4 Å². The van der Waals surface area contributed by atoms with Crippen LogP contribution in [0.25, 0.3) is 0 Å². The van der Waals surface area contributed by atoms with Gasteiger partial charge in [0.1, 0.15) is 0 Å². The van der Waals surface area contributed by atoms with E-state index in [1.54, 1.807) is 42.5 Å². The predicted molar refractivity (Wildman–Crippen MR) is 126 cm³/mol. The number of anilines is 3. The number of carbonyl (C=O) groups excluding carboxylic acids is 3. The molecule has 0 radical (unpaired) electrons. The Kier molecular flexibility index (Phi) is 9.84. The third-order valence-electron chi connectivity index (χ3n) is 4.41. The fraction of sp³-hybridized carbons (Fsp3) is 0.348. The molecule has 0 saturated heterocycles. The van der Waals surface area contributed by atoms with Crippen LogP contribution in [-0.2, 0) is 9.59 Å². The SMILES string of the molecule is CCCCNC(=O)c1ccc(NC(=O)CNc2cc(NC(=O)CCC)ccc2Cl)cc1. The Morgan fingerprint density at radius 3 is 2.23 bits per heavy atom. The van der Waals surface area contributed by atoms with Crippen LogP contribution in [0.1, 0.15) is 49.9 Å². The van der Waals surface area contributed by atoms with Gasteiger partial charge in [-0.25, -0.2) is 0 Å². The first-order valence-electron chi connectivity index (χ1n) is 10.4. The number of rotatable bonds is 11. The van der Waals surface area contributed by atoms with Gasteiger partial charge in [-0.1, -0.05) is 31.9 Å². The summed E-state index contributed by atoms with van der Waals surface area (Å²) in [5, 5.41) is 11.8. The molecule has 7 nitrogen and oxygen atoms in total. The third-order valence-corrected chi connectivity index (χ3v) is 4.74. The van der Waals surface area contributed by atoms with E-state index in [2.05, 4.69) is 28.2 Å². The van der Waals surface area contributed by atoms with Crippen molar-refractivity contribution in [3.63, 3.8) is 0 Å². The Labute approximate surface area is 187 Å². The van der Waals surface area contributed by atoms with Crippen LogP contribution in [-0.4, -0.2) is 30.8 Å². The van der Waals surface area contributed by atoms with Crippen LogP contribution < -0.4 is 21.3 Å². The molecule has 0 aromatic heterocycles. The van der Waals surface area contributed by atoms with E-state index < -0.39 is 0 Å². The second kappa shape index (κ2) is 12.6. The lowest BCUT2D eigenvalue weighted by Crippen LogP contribution is -2.24. The normalized spacial score (nSPS) is 10.3. The molecule has 0 aliphatic carbocycles. The zero-order valence-electron chi connectivity index (χ0n) is 17.9. The Bertz CT molecular complexity index is 900. The van der Waals surface area contributed by atoms with Crippen molar-refractivity contribution in [2.24, 2.45) is 0 Å². The number of carbonyl (C=O) groups is 3. The fourth-order valence-corrected chi connectivity index (χ4v) is 2.94. The van der Waals surface area contributed by atoms with Crippen molar-refractivity contribution in [2.75, 3.05) is 29.0 Å². The number of benzene rings is 2. The molecule has 166 valence electrons. The van der Waals surface area contributed by atoms with E-state index in [1.807, 2.05) is 6.92 Å². The highest BCUT2D eigenvalue weighted by atomic mass is 35.5. The highest BCUT2D eigenvalue weighted by molar-refractivity contribution is 6.33. The minimum atomic E-state index is -0.267. The van der Waals surface area contributed by atoms with E-state index in [0.717, 1.165) is 19.3 Å². The van der Waals surface area contributed by atoms with Crippen LogP contribution in [0.3, 0.4) is 0 Å². The molecule has 2 aromatic rings. The average molecular weight is 445 g/mol. The number of hydrogen-bond donors (Lipinski definition) is 4. The van der Waals surface area contributed by atoms with Gasteiger partial charge in [0.2, 0.25) is 11.8 Å². The fourth-order valence-electron chi connectivity index (χ4n) is 2.76. The standard InChI is InChI=1S/C23H29ClN4O3/c1-3-5-13-25-23(31)16-7-9-17(10-8-16)27-22(30)15-26-20-14-18(11-12-19(20)24)28-21(29)6-4-2/h7-12,14,26H,3-6,13,15H2,1-2H3,(H,25,31)(H,27,30)(H,28,29). The second-order valence-electron chi connectivity index (χ2n) is 7.08. The maximum absolute atomic E-state index is 12.3. The first kappa shape index (κ1) is 24.2. The molecule has 0 unspecified atom stereocenters. The zero-order valence-corrected chi connectivity index (χ0v) is 18.6. The van der Waals surface area contributed by atoms with Crippen molar-refractivity contribution in [1.82, 2.24) is 5.32 Å². The van der Waals surface area contributed by atoms with Gasteiger partial charge < -0.3 is 21.3 Å². The minimum absolute atomic E-state index is 0.00860. The maximum Gasteiger partial charge on any atom is 0.251 e. The Balaban J connectivity index is 1.87. The van der Waals surface area contributed by atoms with E-state index in [4.69, 9.17) is 11.6 Å². The Morgan fingerprint density at radius 1 is 0.871 bits per heavy atom. The summed E-state index contributed by atoms with van der Waals surface area (Å²) < 4.78 is 0. The summed E-state index contributed by atoms with van der Waals surface area (Å²) in [6.45, 7) is 4.63. The van der Waals surface area contributed by atoms with E-state index in [9.17, 15) is 14.4 Å². The molecule has 0 atom stereocenters. The first-order chi connectivity index (χ1) is 14.9. The number of hydrogen-bond acceptors (Lipinski definition) is 4. The zero-order chi connectivity index (χ0) is 22.6. The van der Waals surface area contributed by atoms with Gasteiger partial charge in [0, 0.05) is 29.9 Å². The highest BCUT2D eigenvalue weighted by Gasteiger charge is 2.09. The largest absolute Gasteiger partial charge is 0.375 e.